The second-order valence-electron chi connectivity index (χ2n) is 3.94. The molecule has 4 nitrogen and oxygen atoms in total. The van der Waals surface area contributed by atoms with Crippen LogP contribution in [0.3, 0.4) is 0 Å². The number of hydrogen-bond acceptors (Lipinski definition) is 3. The van der Waals surface area contributed by atoms with E-state index in [0.717, 1.165) is 25.0 Å². The lowest BCUT2D eigenvalue weighted by Crippen LogP contribution is -2.31. The Kier molecular flexibility index (Phi) is 3.76. The van der Waals surface area contributed by atoms with Crippen molar-refractivity contribution in [1.82, 2.24) is 4.72 Å². The highest BCUT2D eigenvalue weighted by atomic mass is 32.2. The molecule has 1 aliphatic heterocycles. The fraction of sp³-hybridized carbons (Fsp3) is 0.455. The maximum absolute atomic E-state index is 12.7. The molecule has 0 bridgehead atoms. The Hall–Kier alpha value is -0.980. The van der Waals surface area contributed by atoms with Gasteiger partial charge in [0.25, 0.3) is 0 Å². The van der Waals surface area contributed by atoms with Gasteiger partial charge in [0, 0.05) is 13.2 Å². The molecule has 0 aliphatic carbocycles. The zero-order valence-electron chi connectivity index (χ0n) is 9.23. The highest BCUT2D eigenvalue weighted by molar-refractivity contribution is 7.89. The molecule has 1 fully saturated rings. The molecule has 0 radical (unpaired) electrons. The van der Waals surface area contributed by atoms with Crippen molar-refractivity contribution in [2.45, 2.75) is 23.8 Å². The van der Waals surface area contributed by atoms with Crippen molar-refractivity contribution < 1.29 is 17.5 Å². The van der Waals surface area contributed by atoms with Crippen LogP contribution in [0.2, 0.25) is 0 Å². The Balaban J connectivity index is 2.00. The van der Waals surface area contributed by atoms with E-state index in [0.29, 0.717) is 6.61 Å². The van der Waals surface area contributed by atoms with Gasteiger partial charge in [0.1, 0.15) is 5.82 Å². The van der Waals surface area contributed by atoms with Gasteiger partial charge in [0.15, 0.2) is 0 Å². The first-order chi connectivity index (χ1) is 8.08. The highest BCUT2D eigenvalue weighted by Crippen LogP contribution is 2.13. The van der Waals surface area contributed by atoms with E-state index in [4.69, 9.17) is 4.74 Å². The molecule has 6 heteroatoms. The molecular weight excluding hydrogens is 245 g/mol. The van der Waals surface area contributed by atoms with E-state index in [-0.39, 0.29) is 17.5 Å². The fourth-order valence-electron chi connectivity index (χ4n) is 1.71. The van der Waals surface area contributed by atoms with Crippen LogP contribution in [0.15, 0.2) is 29.2 Å². The topological polar surface area (TPSA) is 55.4 Å². The predicted octanol–water partition coefficient (Wildman–Crippen LogP) is 1.28. The lowest BCUT2D eigenvalue weighted by molar-refractivity contribution is 0.114. The molecule has 0 aromatic heterocycles. The minimum Gasteiger partial charge on any atom is -0.377 e. The van der Waals surface area contributed by atoms with Crippen LogP contribution in [0, 0.1) is 5.82 Å². The first kappa shape index (κ1) is 12.5. The van der Waals surface area contributed by atoms with Gasteiger partial charge in [-0.25, -0.2) is 17.5 Å². The van der Waals surface area contributed by atoms with Crippen molar-refractivity contribution in [1.29, 1.82) is 0 Å². The van der Waals surface area contributed by atoms with Crippen LogP contribution in [0.25, 0.3) is 0 Å². The SMILES string of the molecule is O=S(=O)(NC[C@H]1CCCO1)c1ccc(F)cc1. The van der Waals surface area contributed by atoms with Crippen LogP contribution >= 0.6 is 0 Å². The molecule has 1 aromatic carbocycles. The van der Waals surface area contributed by atoms with Gasteiger partial charge < -0.3 is 4.74 Å². The summed E-state index contributed by atoms with van der Waals surface area (Å²) in [6.07, 6.45) is 1.78. The van der Waals surface area contributed by atoms with Crippen LogP contribution in [-0.4, -0.2) is 27.7 Å². The third-order valence-electron chi connectivity index (χ3n) is 2.65. The summed E-state index contributed by atoms with van der Waals surface area (Å²) in [7, 11) is -3.56. The third-order valence-corrected chi connectivity index (χ3v) is 4.09. The summed E-state index contributed by atoms with van der Waals surface area (Å²) in [5, 5.41) is 0. The van der Waals surface area contributed by atoms with E-state index < -0.39 is 15.8 Å². The maximum Gasteiger partial charge on any atom is 0.240 e. The summed E-state index contributed by atoms with van der Waals surface area (Å²) >= 11 is 0. The molecule has 17 heavy (non-hydrogen) atoms. The van der Waals surface area contributed by atoms with E-state index in [1.807, 2.05) is 0 Å². The van der Waals surface area contributed by atoms with Crippen molar-refractivity contribution in [3.8, 4) is 0 Å². The van der Waals surface area contributed by atoms with E-state index in [2.05, 4.69) is 4.72 Å². The number of sulfonamides is 1. The molecule has 1 aromatic rings. The molecule has 94 valence electrons. The average Bonchev–Trinajstić information content (AvgIpc) is 2.80. The lowest BCUT2D eigenvalue weighted by Gasteiger charge is -2.11. The van der Waals surface area contributed by atoms with Gasteiger partial charge in [0.2, 0.25) is 10.0 Å². The Morgan fingerprint density at radius 1 is 1.35 bits per heavy atom. The van der Waals surface area contributed by atoms with Gasteiger partial charge in [-0.2, -0.15) is 0 Å². The van der Waals surface area contributed by atoms with Gasteiger partial charge in [-0.1, -0.05) is 0 Å². The maximum atomic E-state index is 12.7. The van der Waals surface area contributed by atoms with Crippen molar-refractivity contribution in [3.05, 3.63) is 30.1 Å². The molecule has 0 unspecified atom stereocenters. The van der Waals surface area contributed by atoms with Gasteiger partial charge in [-0.05, 0) is 37.1 Å². The number of halogens is 1. The minimum absolute atomic E-state index is 0.0507. The average molecular weight is 259 g/mol. The smallest absolute Gasteiger partial charge is 0.240 e. The molecule has 1 atom stereocenters. The van der Waals surface area contributed by atoms with E-state index >= 15 is 0 Å². The number of ether oxygens (including phenoxy) is 1. The second kappa shape index (κ2) is 5.12. The second-order valence-corrected chi connectivity index (χ2v) is 5.71. The molecule has 1 saturated heterocycles. The van der Waals surface area contributed by atoms with Crippen molar-refractivity contribution in [2.75, 3.05) is 13.2 Å². The summed E-state index contributed by atoms with van der Waals surface area (Å²) in [5.41, 5.74) is 0. The molecule has 2 rings (SSSR count). The van der Waals surface area contributed by atoms with Crippen molar-refractivity contribution >= 4 is 10.0 Å². The molecule has 0 amide bonds. The zero-order chi connectivity index (χ0) is 12.3. The monoisotopic (exact) mass is 259 g/mol. The van der Waals surface area contributed by atoms with Gasteiger partial charge in [-0.15, -0.1) is 0 Å². The van der Waals surface area contributed by atoms with Gasteiger partial charge in [-0.3, -0.25) is 0 Å². The standard InChI is InChI=1S/C11H14FNO3S/c12-9-3-5-11(6-4-9)17(14,15)13-8-10-2-1-7-16-10/h3-6,10,13H,1-2,7-8H2/t10-/m1/s1. The number of nitrogens with one attached hydrogen (secondary N) is 1. The quantitative estimate of drug-likeness (QED) is 0.886. The van der Waals surface area contributed by atoms with Gasteiger partial charge in [0.05, 0.1) is 11.0 Å². The van der Waals surface area contributed by atoms with Crippen LogP contribution in [0.1, 0.15) is 12.8 Å². The first-order valence-electron chi connectivity index (χ1n) is 5.45. The van der Waals surface area contributed by atoms with Crippen molar-refractivity contribution in [2.24, 2.45) is 0 Å². The molecule has 1 N–H and O–H groups in total. The summed E-state index contributed by atoms with van der Waals surface area (Å²) in [5.74, 6) is -0.455. The molecule has 0 spiro atoms. The number of rotatable bonds is 4. The van der Waals surface area contributed by atoms with E-state index in [1.54, 1.807) is 0 Å². The van der Waals surface area contributed by atoms with E-state index in [9.17, 15) is 12.8 Å². The molecule has 0 saturated carbocycles. The number of benzene rings is 1. The van der Waals surface area contributed by atoms with Crippen LogP contribution in [0.4, 0.5) is 4.39 Å². The summed E-state index contributed by atoms with van der Waals surface area (Å²) in [4.78, 5) is 0.0666. The normalized spacial score (nSPS) is 20.6. The Morgan fingerprint density at radius 2 is 2.06 bits per heavy atom. The van der Waals surface area contributed by atoms with E-state index in [1.165, 1.54) is 12.1 Å². The first-order valence-corrected chi connectivity index (χ1v) is 6.93. The summed E-state index contributed by atoms with van der Waals surface area (Å²) in [6, 6.07) is 4.74. The summed E-state index contributed by atoms with van der Waals surface area (Å²) < 4.78 is 44.1. The highest BCUT2D eigenvalue weighted by Gasteiger charge is 2.20. The molecule has 1 aliphatic rings. The Labute approximate surface area is 99.8 Å². The minimum atomic E-state index is -3.56. The van der Waals surface area contributed by atoms with Crippen molar-refractivity contribution in [3.63, 3.8) is 0 Å². The van der Waals surface area contributed by atoms with Crippen LogP contribution in [-0.2, 0) is 14.8 Å². The Bertz CT molecular complexity index is 466. The zero-order valence-corrected chi connectivity index (χ0v) is 10.0. The Morgan fingerprint density at radius 3 is 2.65 bits per heavy atom. The predicted molar refractivity (Wildman–Crippen MR) is 60.6 cm³/mol. The fourth-order valence-corrected chi connectivity index (χ4v) is 2.77. The van der Waals surface area contributed by atoms with Crippen LogP contribution < -0.4 is 4.72 Å². The van der Waals surface area contributed by atoms with Crippen LogP contribution in [0.5, 0.6) is 0 Å². The molecular formula is C11H14FNO3S. The molecule has 1 heterocycles. The summed E-state index contributed by atoms with van der Waals surface area (Å²) in [6.45, 7) is 0.947. The third kappa shape index (κ3) is 3.24. The lowest BCUT2D eigenvalue weighted by atomic mass is 10.2. The van der Waals surface area contributed by atoms with Gasteiger partial charge >= 0.3 is 0 Å². The largest absolute Gasteiger partial charge is 0.377 e. The number of hydrogen-bond donors (Lipinski definition) is 1.